The molecule has 2 atom stereocenters. The average Bonchev–Trinajstić information content (AvgIpc) is 2.60. The number of thioether (sulfide) groups is 1. The van der Waals surface area contributed by atoms with Crippen LogP contribution in [0.1, 0.15) is 56.3 Å². The Morgan fingerprint density at radius 2 is 2.00 bits per heavy atom. The fourth-order valence-corrected chi connectivity index (χ4v) is 5.88. The number of nitrogens with one attached hydrogen (secondary N) is 1. The van der Waals surface area contributed by atoms with E-state index < -0.39 is 0 Å². The highest BCUT2D eigenvalue weighted by Gasteiger charge is 2.46. The predicted molar refractivity (Wildman–Crippen MR) is 107 cm³/mol. The molecule has 0 spiro atoms. The molecule has 2 aromatic carbocycles. The zero-order chi connectivity index (χ0) is 17.8. The Labute approximate surface area is 155 Å². The molecule has 0 fully saturated rings. The van der Waals surface area contributed by atoms with Crippen LogP contribution >= 0.6 is 11.8 Å². The van der Waals surface area contributed by atoms with Crippen LogP contribution in [0.25, 0.3) is 0 Å². The number of ether oxygens (including phenoxy) is 1. The van der Waals surface area contributed by atoms with Crippen molar-refractivity contribution >= 4 is 17.4 Å². The van der Waals surface area contributed by atoms with Gasteiger partial charge in [0.1, 0.15) is 5.75 Å². The molecule has 2 heterocycles. The molecule has 25 heavy (non-hydrogen) atoms. The quantitative estimate of drug-likeness (QED) is 0.717. The van der Waals surface area contributed by atoms with Crippen molar-refractivity contribution in [3.8, 4) is 5.75 Å². The van der Waals surface area contributed by atoms with Crippen LogP contribution in [0, 0.1) is 5.92 Å². The summed E-state index contributed by atoms with van der Waals surface area (Å²) in [6.45, 7) is 9.36. The minimum atomic E-state index is 0.127. The Bertz CT molecular complexity index is 797. The van der Waals surface area contributed by atoms with Gasteiger partial charge >= 0.3 is 0 Å². The summed E-state index contributed by atoms with van der Waals surface area (Å²) in [7, 11) is 1.78. The standard InChI is InChI=1S/C22H27NOS/c1-13(2)14-9-10-17-15(11-14)22(3,4)16-12-25-19-8-6-7-18(24-5)20(19)21(16)23-17/h6-11,13,16,21,23H,12H2,1-5H3. The van der Waals surface area contributed by atoms with Crippen molar-refractivity contribution in [3.05, 3.63) is 53.1 Å². The molecule has 4 rings (SSSR count). The SMILES string of the molecule is COc1cccc2c1C1Nc3ccc(C(C)C)cc3C(C)(C)C1CS2. The molecular formula is C22H27NOS. The maximum absolute atomic E-state index is 5.71. The summed E-state index contributed by atoms with van der Waals surface area (Å²) in [5, 5.41) is 3.86. The van der Waals surface area contributed by atoms with Gasteiger partial charge in [-0.3, -0.25) is 0 Å². The number of fused-ring (bicyclic) bond motifs is 4. The van der Waals surface area contributed by atoms with Gasteiger partial charge in [-0.15, -0.1) is 11.8 Å². The van der Waals surface area contributed by atoms with E-state index in [2.05, 4.69) is 69.4 Å². The van der Waals surface area contributed by atoms with Gasteiger partial charge in [-0.05, 0) is 40.7 Å². The van der Waals surface area contributed by atoms with Crippen molar-refractivity contribution in [2.24, 2.45) is 5.92 Å². The van der Waals surface area contributed by atoms with E-state index in [0.29, 0.717) is 17.9 Å². The molecule has 2 aliphatic heterocycles. The minimum absolute atomic E-state index is 0.127. The Morgan fingerprint density at radius 1 is 1.20 bits per heavy atom. The van der Waals surface area contributed by atoms with Crippen LogP contribution in [0.2, 0.25) is 0 Å². The van der Waals surface area contributed by atoms with Gasteiger partial charge in [0.15, 0.2) is 0 Å². The van der Waals surface area contributed by atoms with Crippen LogP contribution in [-0.2, 0) is 5.41 Å². The van der Waals surface area contributed by atoms with Gasteiger partial charge in [-0.25, -0.2) is 0 Å². The fraction of sp³-hybridized carbons (Fsp3) is 0.455. The maximum atomic E-state index is 5.71. The zero-order valence-electron chi connectivity index (χ0n) is 15.7. The molecule has 2 unspecified atom stereocenters. The lowest BCUT2D eigenvalue weighted by Crippen LogP contribution is -2.44. The Hall–Kier alpha value is -1.61. The van der Waals surface area contributed by atoms with E-state index in [0.717, 1.165) is 11.5 Å². The van der Waals surface area contributed by atoms with Gasteiger partial charge < -0.3 is 10.1 Å². The van der Waals surface area contributed by atoms with Gasteiger partial charge in [0.2, 0.25) is 0 Å². The number of methoxy groups -OCH3 is 1. The molecule has 2 nitrogen and oxygen atoms in total. The number of benzene rings is 2. The second-order valence-electron chi connectivity index (χ2n) is 8.09. The zero-order valence-corrected chi connectivity index (χ0v) is 16.5. The van der Waals surface area contributed by atoms with Gasteiger partial charge in [0.05, 0.1) is 13.2 Å². The van der Waals surface area contributed by atoms with Crippen molar-refractivity contribution in [1.29, 1.82) is 0 Å². The highest BCUT2D eigenvalue weighted by Crippen LogP contribution is 2.56. The minimum Gasteiger partial charge on any atom is -0.496 e. The third kappa shape index (κ3) is 2.55. The van der Waals surface area contributed by atoms with E-state index in [1.54, 1.807) is 7.11 Å². The van der Waals surface area contributed by atoms with Crippen LogP contribution in [0.4, 0.5) is 5.69 Å². The Kier molecular flexibility index (Phi) is 4.03. The third-order valence-corrected chi connectivity index (χ3v) is 7.21. The topological polar surface area (TPSA) is 21.3 Å². The molecule has 0 aliphatic carbocycles. The largest absolute Gasteiger partial charge is 0.496 e. The van der Waals surface area contributed by atoms with Crippen molar-refractivity contribution in [3.63, 3.8) is 0 Å². The molecule has 0 amide bonds. The first-order chi connectivity index (χ1) is 11.9. The lowest BCUT2D eigenvalue weighted by atomic mass is 9.66. The number of hydrogen-bond donors (Lipinski definition) is 1. The fourth-order valence-electron chi connectivity index (χ4n) is 4.36. The Morgan fingerprint density at radius 3 is 2.72 bits per heavy atom. The first-order valence-corrected chi connectivity index (χ1v) is 10.1. The van der Waals surface area contributed by atoms with E-state index in [-0.39, 0.29) is 5.41 Å². The number of rotatable bonds is 2. The van der Waals surface area contributed by atoms with Crippen molar-refractivity contribution < 1.29 is 4.74 Å². The summed E-state index contributed by atoms with van der Waals surface area (Å²) in [6, 6.07) is 13.7. The molecule has 0 aromatic heterocycles. The summed E-state index contributed by atoms with van der Waals surface area (Å²) in [5.74, 6) is 3.23. The van der Waals surface area contributed by atoms with E-state index >= 15 is 0 Å². The van der Waals surface area contributed by atoms with Crippen LogP contribution in [0.15, 0.2) is 41.3 Å². The van der Waals surface area contributed by atoms with Crippen LogP contribution in [0.3, 0.4) is 0 Å². The molecule has 0 saturated carbocycles. The molecule has 0 radical (unpaired) electrons. The maximum Gasteiger partial charge on any atom is 0.125 e. The van der Waals surface area contributed by atoms with Crippen LogP contribution in [0.5, 0.6) is 5.75 Å². The predicted octanol–water partition coefficient (Wildman–Crippen LogP) is 5.98. The molecule has 2 aliphatic rings. The molecule has 0 saturated heterocycles. The Balaban J connectivity index is 1.86. The van der Waals surface area contributed by atoms with Gasteiger partial charge in [0, 0.05) is 27.8 Å². The highest BCUT2D eigenvalue weighted by atomic mass is 32.2. The van der Waals surface area contributed by atoms with Crippen LogP contribution < -0.4 is 10.1 Å². The molecule has 2 aromatic rings. The normalized spacial score (nSPS) is 23.3. The first kappa shape index (κ1) is 16.8. The van der Waals surface area contributed by atoms with E-state index in [9.17, 15) is 0 Å². The van der Waals surface area contributed by atoms with Crippen LogP contribution in [-0.4, -0.2) is 12.9 Å². The van der Waals surface area contributed by atoms with Crippen molar-refractivity contribution in [2.45, 2.75) is 50.0 Å². The number of hydrogen-bond acceptors (Lipinski definition) is 3. The second kappa shape index (κ2) is 5.98. The molecular weight excluding hydrogens is 326 g/mol. The summed E-state index contributed by atoms with van der Waals surface area (Å²) in [4.78, 5) is 1.35. The molecule has 132 valence electrons. The lowest BCUT2D eigenvalue weighted by Gasteiger charge is -2.49. The van der Waals surface area contributed by atoms with Crippen molar-refractivity contribution in [2.75, 3.05) is 18.2 Å². The van der Waals surface area contributed by atoms with Gasteiger partial charge in [-0.2, -0.15) is 0 Å². The molecule has 0 bridgehead atoms. The smallest absolute Gasteiger partial charge is 0.125 e. The van der Waals surface area contributed by atoms with Crippen molar-refractivity contribution in [1.82, 2.24) is 0 Å². The summed E-state index contributed by atoms with van der Waals surface area (Å²) in [6.07, 6.45) is 0. The summed E-state index contributed by atoms with van der Waals surface area (Å²) < 4.78 is 5.71. The van der Waals surface area contributed by atoms with Gasteiger partial charge in [0.25, 0.3) is 0 Å². The summed E-state index contributed by atoms with van der Waals surface area (Å²) >= 11 is 1.97. The van der Waals surface area contributed by atoms with E-state index in [1.807, 2.05) is 11.8 Å². The van der Waals surface area contributed by atoms with Gasteiger partial charge in [-0.1, -0.05) is 45.9 Å². The monoisotopic (exact) mass is 353 g/mol. The molecule has 1 N–H and O–H groups in total. The first-order valence-electron chi connectivity index (χ1n) is 9.14. The van der Waals surface area contributed by atoms with E-state index in [4.69, 9.17) is 4.74 Å². The highest BCUT2D eigenvalue weighted by molar-refractivity contribution is 7.99. The lowest BCUT2D eigenvalue weighted by molar-refractivity contribution is 0.286. The average molecular weight is 354 g/mol. The summed E-state index contributed by atoms with van der Waals surface area (Å²) in [5.41, 5.74) is 5.62. The van der Waals surface area contributed by atoms with E-state index in [1.165, 1.54) is 27.3 Å². The number of anilines is 1. The second-order valence-corrected chi connectivity index (χ2v) is 9.15. The molecule has 3 heteroatoms. The third-order valence-electron chi connectivity index (χ3n) is 6.02.